The van der Waals surface area contributed by atoms with E-state index in [1.807, 2.05) is 6.07 Å². The Bertz CT molecular complexity index is 1150. The summed E-state index contributed by atoms with van der Waals surface area (Å²) in [5.74, 6) is -2.53. The third-order valence-electron chi connectivity index (χ3n) is 3.88. The lowest BCUT2D eigenvalue weighted by atomic mass is 10.1. The summed E-state index contributed by atoms with van der Waals surface area (Å²) in [6, 6.07) is 8.71. The van der Waals surface area contributed by atoms with Crippen LogP contribution in [0.3, 0.4) is 0 Å². The summed E-state index contributed by atoms with van der Waals surface area (Å²) in [6.07, 6.45) is 0. The molecule has 0 saturated carbocycles. The van der Waals surface area contributed by atoms with Gasteiger partial charge in [0.1, 0.15) is 40.0 Å². The number of nitriles is 1. The highest BCUT2D eigenvalue weighted by atomic mass is 79.9. The molecule has 0 aliphatic carbocycles. The van der Waals surface area contributed by atoms with Crippen molar-refractivity contribution in [3.05, 3.63) is 85.6 Å². The van der Waals surface area contributed by atoms with E-state index < -0.39 is 28.7 Å². The molecule has 5 nitrogen and oxygen atoms in total. The number of nitrogens with zero attached hydrogens (tertiary/aromatic N) is 3. The highest BCUT2D eigenvalue weighted by Gasteiger charge is 2.20. The van der Waals surface area contributed by atoms with Gasteiger partial charge in [0.25, 0.3) is 5.56 Å². The maximum Gasteiger partial charge on any atom is 0.276 e. The lowest BCUT2D eigenvalue weighted by Crippen LogP contribution is -2.25. The van der Waals surface area contributed by atoms with Crippen molar-refractivity contribution < 1.29 is 17.9 Å². The van der Waals surface area contributed by atoms with Crippen molar-refractivity contribution in [1.82, 2.24) is 9.55 Å². The van der Waals surface area contributed by atoms with Crippen LogP contribution < -0.4 is 10.3 Å². The maximum absolute atomic E-state index is 14.1. The number of ether oxygens (including phenoxy) is 1. The molecular formula is C19H11BrF3N3O2. The number of halogens is 4. The van der Waals surface area contributed by atoms with Crippen LogP contribution in [-0.4, -0.2) is 9.55 Å². The van der Waals surface area contributed by atoms with Gasteiger partial charge in [-0.1, -0.05) is 12.1 Å². The van der Waals surface area contributed by atoms with Crippen LogP contribution >= 0.6 is 15.9 Å². The van der Waals surface area contributed by atoms with E-state index in [4.69, 9.17) is 10.00 Å². The molecule has 0 N–H and O–H groups in total. The van der Waals surface area contributed by atoms with E-state index in [9.17, 15) is 18.0 Å². The van der Waals surface area contributed by atoms with Crippen LogP contribution in [0.15, 0.2) is 45.7 Å². The van der Waals surface area contributed by atoms with Gasteiger partial charge in [-0.25, -0.2) is 13.2 Å². The van der Waals surface area contributed by atoms with E-state index in [0.717, 1.165) is 22.8 Å². The van der Waals surface area contributed by atoms with Crippen molar-refractivity contribution >= 4 is 15.9 Å². The first kappa shape index (κ1) is 19.6. The van der Waals surface area contributed by atoms with Crippen molar-refractivity contribution in [3.8, 4) is 17.6 Å². The smallest absolute Gasteiger partial charge is 0.276 e. The molecule has 1 aromatic heterocycles. The molecule has 2 aromatic carbocycles. The summed E-state index contributed by atoms with van der Waals surface area (Å²) in [7, 11) is 0. The fraction of sp³-hybridized carbons (Fsp3) is 0.105. The lowest BCUT2D eigenvalue weighted by molar-refractivity contribution is 0.288. The average molecular weight is 450 g/mol. The van der Waals surface area contributed by atoms with Crippen LogP contribution in [0.5, 0.6) is 5.88 Å². The van der Waals surface area contributed by atoms with Crippen molar-refractivity contribution in [2.24, 2.45) is 0 Å². The third kappa shape index (κ3) is 3.64. The summed E-state index contributed by atoms with van der Waals surface area (Å²) in [4.78, 5) is 16.7. The number of hydrogen-bond acceptors (Lipinski definition) is 4. The summed E-state index contributed by atoms with van der Waals surface area (Å²) in [6.45, 7) is 1.23. The van der Waals surface area contributed by atoms with Crippen LogP contribution in [0.25, 0.3) is 5.69 Å². The average Bonchev–Trinajstić information content (AvgIpc) is 2.66. The molecule has 0 unspecified atom stereocenters. The molecule has 0 amide bonds. The van der Waals surface area contributed by atoms with E-state index in [2.05, 4.69) is 20.9 Å². The molecule has 0 bridgehead atoms. The van der Waals surface area contributed by atoms with Gasteiger partial charge in [0.15, 0.2) is 0 Å². The topological polar surface area (TPSA) is 67.9 Å². The van der Waals surface area contributed by atoms with Crippen LogP contribution in [0.2, 0.25) is 0 Å². The quantitative estimate of drug-likeness (QED) is 0.599. The molecule has 0 saturated heterocycles. The van der Waals surface area contributed by atoms with Gasteiger partial charge in [0, 0.05) is 5.56 Å². The molecule has 3 rings (SSSR count). The molecule has 3 aromatic rings. The Morgan fingerprint density at radius 1 is 1.21 bits per heavy atom. The second-order valence-corrected chi connectivity index (χ2v) is 6.48. The molecule has 0 aliphatic heterocycles. The van der Waals surface area contributed by atoms with Crippen molar-refractivity contribution in [2.45, 2.75) is 13.5 Å². The summed E-state index contributed by atoms with van der Waals surface area (Å²) >= 11 is 3.04. The van der Waals surface area contributed by atoms with Gasteiger partial charge < -0.3 is 4.74 Å². The minimum atomic E-state index is -0.919. The summed E-state index contributed by atoms with van der Waals surface area (Å²) in [5, 5.41) is 9.08. The summed E-state index contributed by atoms with van der Waals surface area (Å²) < 4.78 is 47.5. The van der Waals surface area contributed by atoms with Crippen molar-refractivity contribution in [1.29, 1.82) is 5.26 Å². The van der Waals surface area contributed by atoms with Gasteiger partial charge in [-0.3, -0.25) is 9.36 Å². The standard InChI is InChI=1S/C19H11BrF3N3O2/c1-10-25-18(28-9-11-5-6-13(21)7-12(11)8-24)16(20)19(27)26(10)17-14(22)3-2-4-15(17)23/h2-7H,9H2,1H3. The van der Waals surface area contributed by atoms with Gasteiger partial charge in [-0.2, -0.15) is 10.2 Å². The molecule has 0 radical (unpaired) electrons. The molecule has 0 atom stereocenters. The first-order valence-electron chi connectivity index (χ1n) is 7.88. The Balaban J connectivity index is 2.00. The van der Waals surface area contributed by atoms with Gasteiger partial charge >= 0.3 is 0 Å². The van der Waals surface area contributed by atoms with E-state index in [1.165, 1.54) is 25.1 Å². The van der Waals surface area contributed by atoms with Crippen molar-refractivity contribution in [3.63, 3.8) is 0 Å². The Labute approximate surface area is 165 Å². The number of rotatable bonds is 4. The maximum atomic E-state index is 14.1. The minimum Gasteiger partial charge on any atom is -0.472 e. The van der Waals surface area contributed by atoms with Crippen LogP contribution in [0.4, 0.5) is 13.2 Å². The largest absolute Gasteiger partial charge is 0.472 e. The van der Waals surface area contributed by atoms with E-state index in [-0.39, 0.29) is 28.3 Å². The Hall–Kier alpha value is -3.12. The zero-order valence-electron chi connectivity index (χ0n) is 14.3. The fourth-order valence-corrected chi connectivity index (χ4v) is 2.95. The van der Waals surface area contributed by atoms with E-state index in [1.54, 1.807) is 0 Å². The highest BCUT2D eigenvalue weighted by molar-refractivity contribution is 9.10. The van der Waals surface area contributed by atoms with Crippen LogP contribution in [-0.2, 0) is 6.61 Å². The van der Waals surface area contributed by atoms with Gasteiger partial charge in [-0.05, 0) is 47.1 Å². The fourth-order valence-electron chi connectivity index (χ4n) is 2.57. The van der Waals surface area contributed by atoms with Crippen molar-refractivity contribution in [2.75, 3.05) is 0 Å². The number of hydrogen-bond donors (Lipinski definition) is 0. The summed E-state index contributed by atoms with van der Waals surface area (Å²) in [5.41, 5.74) is -0.852. The number of benzene rings is 2. The van der Waals surface area contributed by atoms with E-state index >= 15 is 0 Å². The van der Waals surface area contributed by atoms with Gasteiger partial charge in [-0.15, -0.1) is 0 Å². The SMILES string of the molecule is Cc1nc(OCc2ccc(F)cc2C#N)c(Br)c(=O)n1-c1c(F)cccc1F. The predicted octanol–water partition coefficient (Wildman–Crippen LogP) is 4.17. The zero-order chi connectivity index (χ0) is 20.4. The molecular weight excluding hydrogens is 439 g/mol. The first-order valence-corrected chi connectivity index (χ1v) is 8.67. The first-order chi connectivity index (χ1) is 13.3. The van der Waals surface area contributed by atoms with Gasteiger partial charge in [0.05, 0.1) is 11.6 Å². The molecule has 9 heteroatoms. The second-order valence-electron chi connectivity index (χ2n) is 5.69. The van der Waals surface area contributed by atoms with E-state index in [0.29, 0.717) is 5.56 Å². The Kier molecular flexibility index (Phi) is 5.51. The minimum absolute atomic E-state index is 0.00758. The molecule has 28 heavy (non-hydrogen) atoms. The molecule has 0 aliphatic rings. The molecule has 142 valence electrons. The molecule has 0 spiro atoms. The zero-order valence-corrected chi connectivity index (χ0v) is 15.9. The normalized spacial score (nSPS) is 10.6. The number of aryl methyl sites for hydroxylation is 1. The highest BCUT2D eigenvalue weighted by Crippen LogP contribution is 2.24. The van der Waals surface area contributed by atoms with Crippen LogP contribution in [0, 0.1) is 35.7 Å². The third-order valence-corrected chi connectivity index (χ3v) is 4.56. The Morgan fingerprint density at radius 3 is 2.54 bits per heavy atom. The molecule has 1 heterocycles. The molecule has 0 fully saturated rings. The lowest BCUT2D eigenvalue weighted by Gasteiger charge is -2.14. The number of para-hydroxylation sites is 1. The van der Waals surface area contributed by atoms with Gasteiger partial charge in [0.2, 0.25) is 5.88 Å². The Morgan fingerprint density at radius 2 is 1.89 bits per heavy atom. The monoisotopic (exact) mass is 449 g/mol. The van der Waals surface area contributed by atoms with Crippen LogP contribution in [0.1, 0.15) is 17.0 Å². The predicted molar refractivity (Wildman–Crippen MR) is 97.6 cm³/mol. The number of aromatic nitrogens is 2. The second kappa shape index (κ2) is 7.86.